The third-order valence-electron chi connectivity index (χ3n) is 9.73. The summed E-state index contributed by atoms with van der Waals surface area (Å²) in [7, 11) is 0. The fourth-order valence-corrected chi connectivity index (χ4v) is 7.30. The lowest BCUT2D eigenvalue weighted by atomic mass is 9.92. The van der Waals surface area contributed by atoms with E-state index in [9.17, 15) is 19.5 Å². The zero-order chi connectivity index (χ0) is 34.2. The molecule has 1 aliphatic carbocycles. The molecule has 0 saturated carbocycles. The zero-order valence-electron chi connectivity index (χ0n) is 27.6. The first-order valence-corrected chi connectivity index (χ1v) is 17.2. The SMILES string of the molecule is O=C(C[C@@H](Cc1ccccc1)C(=O)NC1c2ccccc2C[C@H]1O)CN1C(=O)[C@@H](Cc2ccccc2)C[C@@H]1Cc1ccc(OCCO)cc1. The Labute approximate surface area is 287 Å². The minimum Gasteiger partial charge on any atom is -0.491 e. The summed E-state index contributed by atoms with van der Waals surface area (Å²) >= 11 is 0. The largest absolute Gasteiger partial charge is 0.491 e. The summed E-state index contributed by atoms with van der Waals surface area (Å²) in [6.45, 7) is 0.0768. The van der Waals surface area contributed by atoms with Gasteiger partial charge in [-0.3, -0.25) is 14.4 Å². The number of carbonyl (C=O) groups is 3. The molecule has 4 aromatic rings. The van der Waals surface area contributed by atoms with Crippen LogP contribution in [0.1, 0.15) is 46.7 Å². The number of amides is 2. The van der Waals surface area contributed by atoms with Gasteiger partial charge in [0.1, 0.15) is 12.4 Å². The number of ether oxygens (including phenoxy) is 1. The second-order valence-corrected chi connectivity index (χ2v) is 13.2. The summed E-state index contributed by atoms with van der Waals surface area (Å²) in [5.74, 6) is -0.759. The molecule has 3 N–H and O–H groups in total. The van der Waals surface area contributed by atoms with E-state index in [-0.39, 0.29) is 55.7 Å². The maximum atomic E-state index is 13.9. The van der Waals surface area contributed by atoms with Crippen LogP contribution in [0.2, 0.25) is 0 Å². The number of aliphatic hydroxyl groups excluding tert-OH is 2. The van der Waals surface area contributed by atoms with Crippen molar-refractivity contribution >= 4 is 17.6 Å². The number of benzene rings is 4. The topological polar surface area (TPSA) is 116 Å². The molecular weight excluding hydrogens is 616 g/mol. The molecule has 6 rings (SSSR count). The maximum absolute atomic E-state index is 13.9. The van der Waals surface area contributed by atoms with Crippen molar-refractivity contribution < 1.29 is 29.3 Å². The molecule has 1 fully saturated rings. The van der Waals surface area contributed by atoms with E-state index >= 15 is 0 Å². The number of fused-ring (bicyclic) bond motifs is 1. The van der Waals surface area contributed by atoms with E-state index in [1.54, 1.807) is 4.90 Å². The summed E-state index contributed by atoms with van der Waals surface area (Å²) in [6.07, 6.45) is 1.86. The number of nitrogens with zero attached hydrogens (tertiary/aromatic N) is 1. The molecule has 1 unspecified atom stereocenters. The average molecular weight is 661 g/mol. The van der Waals surface area contributed by atoms with Crippen LogP contribution in [0.15, 0.2) is 109 Å². The molecule has 254 valence electrons. The summed E-state index contributed by atoms with van der Waals surface area (Å²) in [5.41, 5.74) is 4.94. The van der Waals surface area contributed by atoms with E-state index in [0.29, 0.717) is 37.9 Å². The van der Waals surface area contributed by atoms with Crippen LogP contribution in [0.3, 0.4) is 0 Å². The van der Waals surface area contributed by atoms with E-state index in [4.69, 9.17) is 9.84 Å². The summed E-state index contributed by atoms with van der Waals surface area (Å²) in [4.78, 5) is 43.4. The second-order valence-electron chi connectivity index (χ2n) is 13.2. The molecule has 0 bridgehead atoms. The van der Waals surface area contributed by atoms with Gasteiger partial charge in [-0.25, -0.2) is 0 Å². The van der Waals surface area contributed by atoms with Crippen LogP contribution in [-0.4, -0.2) is 64.6 Å². The lowest BCUT2D eigenvalue weighted by Gasteiger charge is -2.26. The molecule has 0 spiro atoms. The van der Waals surface area contributed by atoms with E-state index in [0.717, 1.165) is 27.8 Å². The Kier molecular flexibility index (Phi) is 11.2. The van der Waals surface area contributed by atoms with Crippen LogP contribution < -0.4 is 10.1 Å². The first-order chi connectivity index (χ1) is 23.9. The fraction of sp³-hybridized carbons (Fsp3) is 0.341. The highest BCUT2D eigenvalue weighted by Crippen LogP contribution is 2.33. The van der Waals surface area contributed by atoms with Crippen LogP contribution in [0, 0.1) is 11.8 Å². The third kappa shape index (κ3) is 8.63. The van der Waals surface area contributed by atoms with Gasteiger partial charge in [0, 0.05) is 30.7 Å². The zero-order valence-corrected chi connectivity index (χ0v) is 27.6. The van der Waals surface area contributed by atoms with Crippen molar-refractivity contribution in [3.8, 4) is 5.75 Å². The summed E-state index contributed by atoms with van der Waals surface area (Å²) in [5, 5.41) is 23.0. The Morgan fingerprint density at radius 1 is 0.837 bits per heavy atom. The highest BCUT2D eigenvalue weighted by Gasteiger charge is 2.41. The minimum absolute atomic E-state index is 0.0259. The van der Waals surface area contributed by atoms with Gasteiger partial charge in [0.05, 0.1) is 25.3 Å². The molecule has 49 heavy (non-hydrogen) atoms. The monoisotopic (exact) mass is 660 g/mol. The summed E-state index contributed by atoms with van der Waals surface area (Å²) < 4.78 is 5.51. The molecule has 0 radical (unpaired) electrons. The van der Waals surface area contributed by atoms with E-state index < -0.39 is 18.1 Å². The number of hydrogen-bond donors (Lipinski definition) is 3. The number of Topliss-reactive ketones (excluding diaryl/α,β-unsaturated/α-hetero) is 1. The molecule has 2 aliphatic rings. The standard InChI is InChI=1S/C41H44N2O6/c44-19-20-49-36-17-15-30(16-18-36)23-34-24-33(22-29-11-5-2-6-12-29)41(48)43(34)27-35(45)25-32(21-28-9-3-1-4-10-28)40(47)42-39-37-14-8-7-13-31(37)26-38(39)46/h1-18,32-34,38-39,44,46H,19-27H2,(H,42,47)/t32-,33+,34+,38-,39?/m1/s1. The van der Waals surface area contributed by atoms with Crippen LogP contribution in [0.4, 0.5) is 0 Å². The van der Waals surface area contributed by atoms with Gasteiger partial charge in [0.2, 0.25) is 11.8 Å². The van der Waals surface area contributed by atoms with Crippen molar-refractivity contribution in [2.45, 2.75) is 56.7 Å². The molecule has 0 aromatic heterocycles. The van der Waals surface area contributed by atoms with Crippen molar-refractivity contribution in [2.75, 3.05) is 19.8 Å². The van der Waals surface area contributed by atoms with Gasteiger partial charge in [-0.05, 0) is 65.6 Å². The van der Waals surface area contributed by atoms with Gasteiger partial charge in [-0.15, -0.1) is 0 Å². The van der Waals surface area contributed by atoms with E-state index in [1.165, 1.54) is 0 Å². The Morgan fingerprint density at radius 3 is 2.20 bits per heavy atom. The predicted octanol–water partition coefficient (Wildman–Crippen LogP) is 4.65. The van der Waals surface area contributed by atoms with Gasteiger partial charge in [0.15, 0.2) is 5.78 Å². The van der Waals surface area contributed by atoms with Crippen molar-refractivity contribution in [2.24, 2.45) is 11.8 Å². The van der Waals surface area contributed by atoms with Gasteiger partial charge in [0.25, 0.3) is 0 Å². The highest BCUT2D eigenvalue weighted by atomic mass is 16.5. The molecule has 4 aromatic carbocycles. The Balaban J connectivity index is 1.18. The number of ketones is 1. The van der Waals surface area contributed by atoms with Gasteiger partial charge < -0.3 is 25.2 Å². The lowest BCUT2D eigenvalue weighted by Crippen LogP contribution is -2.42. The molecule has 8 heteroatoms. The van der Waals surface area contributed by atoms with Crippen LogP contribution >= 0.6 is 0 Å². The first-order valence-electron chi connectivity index (χ1n) is 17.2. The average Bonchev–Trinajstić information content (AvgIpc) is 3.58. The fourth-order valence-electron chi connectivity index (χ4n) is 7.30. The smallest absolute Gasteiger partial charge is 0.226 e. The Bertz CT molecular complexity index is 1710. The van der Waals surface area contributed by atoms with Gasteiger partial charge in [-0.1, -0.05) is 97.1 Å². The lowest BCUT2D eigenvalue weighted by molar-refractivity contribution is -0.137. The molecule has 2 amide bonds. The van der Waals surface area contributed by atoms with Crippen LogP contribution in [0.25, 0.3) is 0 Å². The number of hydrogen-bond acceptors (Lipinski definition) is 6. The minimum atomic E-state index is -0.741. The molecule has 1 heterocycles. The summed E-state index contributed by atoms with van der Waals surface area (Å²) in [6, 6.07) is 34.2. The van der Waals surface area contributed by atoms with Gasteiger partial charge in [-0.2, -0.15) is 0 Å². The van der Waals surface area contributed by atoms with Crippen LogP contribution in [-0.2, 0) is 40.1 Å². The highest BCUT2D eigenvalue weighted by molar-refractivity contribution is 5.92. The second kappa shape index (κ2) is 16.1. The number of rotatable bonds is 15. The van der Waals surface area contributed by atoms with Crippen molar-refractivity contribution in [1.82, 2.24) is 10.2 Å². The molecule has 1 aliphatic heterocycles. The normalized spacial score (nSPS) is 20.5. The van der Waals surface area contributed by atoms with Crippen molar-refractivity contribution in [3.63, 3.8) is 0 Å². The first kappa shape index (κ1) is 34.1. The number of aliphatic hydroxyl groups is 2. The Morgan fingerprint density at radius 2 is 1.49 bits per heavy atom. The van der Waals surface area contributed by atoms with Crippen molar-refractivity contribution in [3.05, 3.63) is 137 Å². The maximum Gasteiger partial charge on any atom is 0.226 e. The van der Waals surface area contributed by atoms with E-state index in [1.807, 2.05) is 109 Å². The number of likely N-dealkylation sites (tertiary alicyclic amines) is 1. The molecule has 1 saturated heterocycles. The molecular formula is C41H44N2O6. The van der Waals surface area contributed by atoms with Gasteiger partial charge >= 0.3 is 0 Å². The van der Waals surface area contributed by atoms with E-state index in [2.05, 4.69) is 5.32 Å². The third-order valence-corrected chi connectivity index (χ3v) is 9.73. The molecule has 8 nitrogen and oxygen atoms in total. The number of nitrogens with one attached hydrogen (secondary N) is 1. The van der Waals surface area contributed by atoms with Crippen molar-refractivity contribution in [1.29, 1.82) is 0 Å². The molecule has 5 atom stereocenters. The quantitative estimate of drug-likeness (QED) is 0.171. The predicted molar refractivity (Wildman–Crippen MR) is 187 cm³/mol. The number of carbonyl (C=O) groups excluding carboxylic acids is 3. The Hall–Kier alpha value is -4.79. The van der Waals surface area contributed by atoms with Crippen LogP contribution in [0.5, 0.6) is 5.75 Å².